The number of thiophene rings is 1. The van der Waals surface area contributed by atoms with Crippen LogP contribution in [0, 0.1) is 0 Å². The molecule has 0 aliphatic rings. The molecule has 0 amide bonds. The molecule has 0 aliphatic heterocycles. The third-order valence-corrected chi connectivity index (χ3v) is 3.91. The van der Waals surface area contributed by atoms with Gasteiger partial charge in [0.2, 0.25) is 0 Å². The zero-order chi connectivity index (χ0) is 13.3. The zero-order valence-corrected chi connectivity index (χ0v) is 10.7. The van der Waals surface area contributed by atoms with E-state index in [1.165, 1.54) is 17.4 Å². The van der Waals surface area contributed by atoms with E-state index in [1.807, 2.05) is 6.07 Å². The Hall–Kier alpha value is -1.04. The average molecular weight is 292 g/mol. The van der Waals surface area contributed by atoms with Crippen LogP contribution in [0.15, 0.2) is 30.3 Å². The largest absolute Gasteiger partial charge is 0.417 e. The molecule has 2 aromatic rings. The number of rotatable bonds is 2. The summed E-state index contributed by atoms with van der Waals surface area (Å²) in [5.74, 6) is 0. The van der Waals surface area contributed by atoms with Crippen LogP contribution in [-0.2, 0) is 12.7 Å². The SMILES string of the molecule is NCc1ccc(-c2ccc(Cl)c(C(F)(F)F)c2)s1. The van der Waals surface area contributed by atoms with E-state index in [-0.39, 0.29) is 5.02 Å². The van der Waals surface area contributed by atoms with Crippen LogP contribution >= 0.6 is 22.9 Å². The quantitative estimate of drug-likeness (QED) is 0.863. The summed E-state index contributed by atoms with van der Waals surface area (Å²) in [7, 11) is 0. The van der Waals surface area contributed by atoms with Crippen LogP contribution in [0.2, 0.25) is 5.02 Å². The van der Waals surface area contributed by atoms with Crippen LogP contribution in [0.5, 0.6) is 0 Å². The second-order valence-electron chi connectivity index (χ2n) is 3.66. The van der Waals surface area contributed by atoms with Gasteiger partial charge in [-0.25, -0.2) is 0 Å². The standard InChI is InChI=1S/C12H9ClF3NS/c13-10-3-1-7(5-9(10)12(14,15)16)11-4-2-8(6-17)18-11/h1-5H,6,17H2. The van der Waals surface area contributed by atoms with Crippen molar-refractivity contribution in [2.75, 3.05) is 0 Å². The summed E-state index contributed by atoms with van der Waals surface area (Å²) in [6.07, 6.45) is -4.44. The highest BCUT2D eigenvalue weighted by atomic mass is 35.5. The molecule has 1 aromatic heterocycles. The first-order valence-corrected chi connectivity index (χ1v) is 6.27. The van der Waals surface area contributed by atoms with Crippen LogP contribution < -0.4 is 5.73 Å². The molecule has 0 saturated heterocycles. The minimum atomic E-state index is -4.44. The fourth-order valence-corrected chi connectivity index (χ4v) is 2.65. The minimum Gasteiger partial charge on any atom is -0.326 e. The van der Waals surface area contributed by atoms with Crippen molar-refractivity contribution >= 4 is 22.9 Å². The van der Waals surface area contributed by atoms with E-state index < -0.39 is 11.7 Å². The molecule has 0 radical (unpaired) electrons. The molecule has 0 bridgehead atoms. The fourth-order valence-electron chi connectivity index (χ4n) is 1.54. The van der Waals surface area contributed by atoms with Crippen LogP contribution in [0.4, 0.5) is 13.2 Å². The van der Waals surface area contributed by atoms with Crippen molar-refractivity contribution in [2.45, 2.75) is 12.7 Å². The highest BCUT2D eigenvalue weighted by Gasteiger charge is 2.33. The van der Waals surface area contributed by atoms with Gasteiger partial charge < -0.3 is 5.73 Å². The molecule has 18 heavy (non-hydrogen) atoms. The molecule has 0 unspecified atom stereocenters. The summed E-state index contributed by atoms with van der Waals surface area (Å²) < 4.78 is 38.1. The summed E-state index contributed by atoms with van der Waals surface area (Å²) >= 11 is 6.94. The molecule has 1 nitrogen and oxygen atoms in total. The first-order chi connectivity index (χ1) is 8.41. The third-order valence-electron chi connectivity index (χ3n) is 2.42. The van der Waals surface area contributed by atoms with E-state index in [1.54, 1.807) is 12.1 Å². The van der Waals surface area contributed by atoms with Crippen molar-refractivity contribution in [3.63, 3.8) is 0 Å². The maximum Gasteiger partial charge on any atom is 0.417 e. The minimum absolute atomic E-state index is 0.290. The van der Waals surface area contributed by atoms with Gasteiger partial charge in [0.1, 0.15) is 0 Å². The van der Waals surface area contributed by atoms with Gasteiger partial charge in [0.05, 0.1) is 10.6 Å². The summed E-state index contributed by atoms with van der Waals surface area (Å²) in [4.78, 5) is 1.67. The molecule has 2 rings (SSSR count). The first kappa shape index (κ1) is 13.4. The van der Waals surface area contributed by atoms with E-state index in [0.29, 0.717) is 12.1 Å². The molecule has 0 saturated carbocycles. The highest BCUT2D eigenvalue weighted by Crippen LogP contribution is 2.38. The van der Waals surface area contributed by atoms with Crippen molar-refractivity contribution in [1.82, 2.24) is 0 Å². The molecule has 0 atom stereocenters. The molecule has 2 N–H and O–H groups in total. The lowest BCUT2D eigenvalue weighted by Crippen LogP contribution is -2.05. The molecule has 96 valence electrons. The fraction of sp³-hybridized carbons (Fsp3) is 0.167. The monoisotopic (exact) mass is 291 g/mol. The van der Waals surface area contributed by atoms with Crippen LogP contribution in [0.1, 0.15) is 10.4 Å². The van der Waals surface area contributed by atoms with Crippen LogP contribution in [0.25, 0.3) is 10.4 Å². The number of nitrogens with two attached hydrogens (primary N) is 1. The maximum atomic E-state index is 12.7. The van der Waals surface area contributed by atoms with Crippen molar-refractivity contribution in [3.05, 3.63) is 45.8 Å². The normalized spacial score (nSPS) is 11.8. The Bertz CT molecular complexity index is 563. The van der Waals surface area contributed by atoms with Gasteiger partial charge in [0, 0.05) is 16.3 Å². The van der Waals surface area contributed by atoms with Gasteiger partial charge in [-0.2, -0.15) is 13.2 Å². The Balaban J connectivity index is 2.47. The second kappa shape index (κ2) is 4.91. The number of hydrogen-bond donors (Lipinski definition) is 1. The number of benzene rings is 1. The second-order valence-corrected chi connectivity index (χ2v) is 5.24. The lowest BCUT2D eigenvalue weighted by Gasteiger charge is -2.10. The molecule has 0 spiro atoms. The number of hydrogen-bond acceptors (Lipinski definition) is 2. The van der Waals surface area contributed by atoms with Gasteiger partial charge in [-0.1, -0.05) is 17.7 Å². The molecule has 1 heterocycles. The van der Waals surface area contributed by atoms with Crippen molar-refractivity contribution in [3.8, 4) is 10.4 Å². The van der Waals surface area contributed by atoms with Gasteiger partial charge in [0.25, 0.3) is 0 Å². The predicted octanol–water partition coefficient (Wildman–Crippen LogP) is 4.55. The molecule has 0 fully saturated rings. The van der Waals surface area contributed by atoms with E-state index in [9.17, 15) is 13.2 Å². The van der Waals surface area contributed by atoms with Crippen LogP contribution in [-0.4, -0.2) is 0 Å². The smallest absolute Gasteiger partial charge is 0.326 e. The Morgan fingerprint density at radius 3 is 2.44 bits per heavy atom. The Kier molecular flexibility index (Phi) is 3.66. The average Bonchev–Trinajstić information content (AvgIpc) is 2.76. The maximum absolute atomic E-state index is 12.7. The first-order valence-electron chi connectivity index (χ1n) is 5.07. The Morgan fingerprint density at radius 1 is 1.17 bits per heavy atom. The lowest BCUT2D eigenvalue weighted by atomic mass is 10.1. The van der Waals surface area contributed by atoms with Gasteiger partial charge >= 0.3 is 6.18 Å². The van der Waals surface area contributed by atoms with E-state index in [2.05, 4.69) is 0 Å². The molecule has 6 heteroatoms. The zero-order valence-electron chi connectivity index (χ0n) is 9.09. The van der Waals surface area contributed by atoms with E-state index >= 15 is 0 Å². The van der Waals surface area contributed by atoms with Crippen LogP contribution in [0.3, 0.4) is 0 Å². The predicted molar refractivity (Wildman–Crippen MR) is 67.7 cm³/mol. The van der Waals surface area contributed by atoms with Gasteiger partial charge in [-0.3, -0.25) is 0 Å². The lowest BCUT2D eigenvalue weighted by molar-refractivity contribution is -0.137. The molecular weight excluding hydrogens is 283 g/mol. The van der Waals surface area contributed by atoms with Gasteiger partial charge in [-0.05, 0) is 29.8 Å². The molecule has 1 aromatic carbocycles. The highest BCUT2D eigenvalue weighted by molar-refractivity contribution is 7.15. The third kappa shape index (κ3) is 2.68. The van der Waals surface area contributed by atoms with Crippen molar-refractivity contribution < 1.29 is 13.2 Å². The number of halogens is 4. The van der Waals surface area contributed by atoms with Crippen molar-refractivity contribution in [2.24, 2.45) is 5.73 Å². The summed E-state index contributed by atoms with van der Waals surface area (Å²) in [5.41, 5.74) is 5.16. The molecular formula is C12H9ClF3NS. The summed E-state index contributed by atoms with van der Waals surface area (Å²) in [6.45, 7) is 0.379. The van der Waals surface area contributed by atoms with E-state index in [4.69, 9.17) is 17.3 Å². The molecule has 0 aliphatic carbocycles. The Morgan fingerprint density at radius 2 is 1.89 bits per heavy atom. The van der Waals surface area contributed by atoms with Gasteiger partial charge in [0.15, 0.2) is 0 Å². The topological polar surface area (TPSA) is 26.0 Å². The van der Waals surface area contributed by atoms with Crippen molar-refractivity contribution in [1.29, 1.82) is 0 Å². The summed E-state index contributed by atoms with van der Waals surface area (Å²) in [5, 5.41) is -0.290. The van der Waals surface area contributed by atoms with E-state index in [0.717, 1.165) is 15.8 Å². The summed E-state index contributed by atoms with van der Waals surface area (Å²) in [6, 6.07) is 7.47. The van der Waals surface area contributed by atoms with Gasteiger partial charge in [-0.15, -0.1) is 11.3 Å². The number of alkyl halides is 3. The Labute approximate surface area is 111 Å².